The van der Waals surface area contributed by atoms with Crippen LogP contribution >= 0.6 is 0 Å². The van der Waals surface area contributed by atoms with E-state index in [9.17, 15) is 14.9 Å². The monoisotopic (exact) mass is 418 g/mol. The largest absolute Gasteiger partial charge is 0.377 e. The minimum absolute atomic E-state index is 0.0515. The van der Waals surface area contributed by atoms with Gasteiger partial charge in [-0.1, -0.05) is 36.4 Å². The third kappa shape index (κ3) is 3.49. The van der Waals surface area contributed by atoms with Gasteiger partial charge in [-0.3, -0.25) is 14.9 Å². The Hall–Kier alpha value is -3.19. The van der Waals surface area contributed by atoms with E-state index in [1.165, 1.54) is 6.07 Å². The van der Waals surface area contributed by atoms with Crippen LogP contribution in [0.4, 0.5) is 11.4 Å². The van der Waals surface area contributed by atoms with Gasteiger partial charge in [-0.25, -0.2) is 0 Å². The van der Waals surface area contributed by atoms with Crippen molar-refractivity contribution in [1.82, 2.24) is 9.80 Å². The molecular formula is C24H26N4O3. The molecule has 0 bridgehead atoms. The molecule has 0 radical (unpaired) electrons. The standard InChI is InChI=1S/C24H26N4O3/c1-26-11-13-27(14-12-26)24(29)21-10-4-9-20-18-7-3-8-19(18)22(25-23(20)21)16-5-2-6-17(15-16)28(30)31/h2-7,9-10,15,18-19,22,25H,8,11-14H2,1H3. The number of benzene rings is 2. The summed E-state index contributed by atoms with van der Waals surface area (Å²) in [5.74, 6) is 0.514. The minimum Gasteiger partial charge on any atom is -0.377 e. The lowest BCUT2D eigenvalue weighted by molar-refractivity contribution is -0.384. The summed E-state index contributed by atoms with van der Waals surface area (Å²) in [5.41, 5.74) is 3.68. The maximum atomic E-state index is 13.4. The Morgan fingerprint density at radius 2 is 1.90 bits per heavy atom. The highest BCUT2D eigenvalue weighted by atomic mass is 16.6. The summed E-state index contributed by atoms with van der Waals surface area (Å²) in [5, 5.41) is 15.0. The number of para-hydroxylation sites is 1. The van der Waals surface area contributed by atoms with Crippen molar-refractivity contribution >= 4 is 17.3 Å². The number of allylic oxidation sites excluding steroid dienone is 2. The fraction of sp³-hybridized carbons (Fsp3) is 0.375. The average molecular weight is 418 g/mol. The number of carbonyl (C=O) groups excluding carboxylic acids is 1. The number of nitro groups is 1. The summed E-state index contributed by atoms with van der Waals surface area (Å²) in [6.45, 7) is 3.19. The highest BCUT2D eigenvalue weighted by Crippen LogP contribution is 2.51. The SMILES string of the molecule is CN1CCN(C(=O)c2cccc3c2NC(c2cccc([N+](=O)[O-])c2)C2CC=CC32)CC1. The van der Waals surface area contributed by atoms with Crippen molar-refractivity contribution in [2.45, 2.75) is 18.4 Å². The molecule has 1 amide bonds. The van der Waals surface area contributed by atoms with E-state index < -0.39 is 0 Å². The van der Waals surface area contributed by atoms with Gasteiger partial charge in [0.15, 0.2) is 0 Å². The summed E-state index contributed by atoms with van der Waals surface area (Å²) in [7, 11) is 2.07. The number of anilines is 1. The zero-order chi connectivity index (χ0) is 21.5. The van der Waals surface area contributed by atoms with Crippen LogP contribution in [0.2, 0.25) is 0 Å². The van der Waals surface area contributed by atoms with Gasteiger partial charge in [0.25, 0.3) is 11.6 Å². The molecule has 2 aromatic rings. The molecule has 0 saturated carbocycles. The molecule has 5 rings (SSSR count). The number of likely N-dealkylation sites (N-methyl/N-ethyl adjacent to an activating group) is 1. The molecule has 2 aromatic carbocycles. The number of hydrogen-bond donors (Lipinski definition) is 1. The zero-order valence-electron chi connectivity index (χ0n) is 17.5. The Morgan fingerprint density at radius 1 is 1.13 bits per heavy atom. The molecule has 1 fully saturated rings. The van der Waals surface area contributed by atoms with E-state index in [-0.39, 0.29) is 34.4 Å². The van der Waals surface area contributed by atoms with E-state index in [4.69, 9.17) is 0 Å². The molecule has 31 heavy (non-hydrogen) atoms. The fourth-order valence-electron chi connectivity index (χ4n) is 5.14. The van der Waals surface area contributed by atoms with Crippen molar-refractivity contribution in [3.63, 3.8) is 0 Å². The van der Waals surface area contributed by atoms with Crippen molar-refractivity contribution < 1.29 is 9.72 Å². The van der Waals surface area contributed by atoms with Gasteiger partial charge in [0.1, 0.15) is 0 Å². The number of nitro benzene ring substituents is 1. The van der Waals surface area contributed by atoms with Crippen LogP contribution in [0.5, 0.6) is 0 Å². The van der Waals surface area contributed by atoms with Crippen molar-refractivity contribution in [2.24, 2.45) is 5.92 Å². The highest BCUT2D eigenvalue weighted by Gasteiger charge is 2.40. The fourth-order valence-corrected chi connectivity index (χ4v) is 5.14. The quantitative estimate of drug-likeness (QED) is 0.466. The van der Waals surface area contributed by atoms with E-state index in [1.54, 1.807) is 12.1 Å². The molecule has 1 aliphatic carbocycles. The number of fused-ring (bicyclic) bond motifs is 3. The van der Waals surface area contributed by atoms with Crippen LogP contribution in [0.15, 0.2) is 54.6 Å². The Labute approximate surface area is 181 Å². The number of hydrogen-bond acceptors (Lipinski definition) is 5. The third-order valence-corrected chi connectivity index (χ3v) is 6.86. The number of amides is 1. The Bertz CT molecular complexity index is 1060. The molecule has 3 atom stereocenters. The second kappa shape index (κ2) is 7.81. The van der Waals surface area contributed by atoms with Crippen molar-refractivity contribution in [1.29, 1.82) is 0 Å². The maximum absolute atomic E-state index is 13.4. The summed E-state index contributed by atoms with van der Waals surface area (Å²) in [6, 6.07) is 12.7. The summed E-state index contributed by atoms with van der Waals surface area (Å²) in [6.07, 6.45) is 5.31. The van der Waals surface area contributed by atoms with Crippen molar-refractivity contribution in [2.75, 3.05) is 38.5 Å². The number of piperazine rings is 1. The number of non-ortho nitro benzene ring substituents is 1. The molecule has 2 aliphatic heterocycles. The maximum Gasteiger partial charge on any atom is 0.269 e. The van der Waals surface area contributed by atoms with Gasteiger partial charge >= 0.3 is 0 Å². The molecule has 1 N–H and O–H groups in total. The van der Waals surface area contributed by atoms with Crippen LogP contribution in [0, 0.1) is 16.0 Å². The first-order valence-corrected chi connectivity index (χ1v) is 10.8. The van der Waals surface area contributed by atoms with Crippen molar-refractivity contribution in [3.8, 4) is 0 Å². The summed E-state index contributed by atoms with van der Waals surface area (Å²) >= 11 is 0. The second-order valence-corrected chi connectivity index (χ2v) is 8.69. The van der Waals surface area contributed by atoms with Crippen LogP contribution in [0.3, 0.4) is 0 Å². The Kier molecular flexibility index (Phi) is 4.98. The van der Waals surface area contributed by atoms with E-state index >= 15 is 0 Å². The first-order chi connectivity index (χ1) is 15.0. The smallest absolute Gasteiger partial charge is 0.269 e. The molecule has 2 heterocycles. The number of nitrogens with zero attached hydrogens (tertiary/aromatic N) is 3. The first-order valence-electron chi connectivity index (χ1n) is 10.8. The number of carbonyl (C=O) groups is 1. The van der Waals surface area contributed by atoms with Gasteiger partial charge in [-0.15, -0.1) is 0 Å². The predicted octanol–water partition coefficient (Wildman–Crippen LogP) is 3.81. The summed E-state index contributed by atoms with van der Waals surface area (Å²) in [4.78, 5) is 28.5. The minimum atomic E-state index is -0.354. The Morgan fingerprint density at radius 3 is 2.68 bits per heavy atom. The van der Waals surface area contributed by atoms with Gasteiger partial charge in [-0.05, 0) is 36.6 Å². The van der Waals surface area contributed by atoms with E-state index in [0.29, 0.717) is 5.56 Å². The van der Waals surface area contributed by atoms with Gasteiger partial charge < -0.3 is 15.1 Å². The highest BCUT2D eigenvalue weighted by molar-refractivity contribution is 6.01. The van der Waals surface area contributed by atoms with Crippen molar-refractivity contribution in [3.05, 3.63) is 81.4 Å². The molecule has 0 spiro atoms. The molecule has 3 unspecified atom stereocenters. The van der Waals surface area contributed by atoms with E-state index in [2.05, 4.69) is 35.5 Å². The molecule has 160 valence electrons. The van der Waals surface area contributed by atoms with Gasteiger partial charge in [0.05, 0.1) is 22.2 Å². The second-order valence-electron chi connectivity index (χ2n) is 8.69. The molecule has 1 saturated heterocycles. The third-order valence-electron chi connectivity index (χ3n) is 6.86. The topological polar surface area (TPSA) is 78.7 Å². The predicted molar refractivity (Wildman–Crippen MR) is 119 cm³/mol. The molecule has 3 aliphatic rings. The van der Waals surface area contributed by atoms with Crippen LogP contribution in [-0.4, -0.2) is 53.9 Å². The van der Waals surface area contributed by atoms with Gasteiger partial charge in [-0.2, -0.15) is 0 Å². The van der Waals surface area contributed by atoms with Crippen LogP contribution in [0.1, 0.15) is 39.9 Å². The van der Waals surface area contributed by atoms with E-state index in [1.807, 2.05) is 23.1 Å². The van der Waals surface area contributed by atoms with E-state index in [0.717, 1.165) is 49.4 Å². The average Bonchev–Trinajstić information content (AvgIpc) is 3.28. The first kappa shape index (κ1) is 19.8. The van der Waals surface area contributed by atoms with Gasteiger partial charge in [0.2, 0.25) is 0 Å². The van der Waals surface area contributed by atoms with Crippen LogP contribution in [0.25, 0.3) is 0 Å². The molecule has 0 aromatic heterocycles. The lowest BCUT2D eigenvalue weighted by Crippen LogP contribution is -2.47. The van der Waals surface area contributed by atoms with Gasteiger partial charge in [0, 0.05) is 44.2 Å². The molecule has 7 nitrogen and oxygen atoms in total. The molecular weight excluding hydrogens is 392 g/mol. The summed E-state index contributed by atoms with van der Waals surface area (Å²) < 4.78 is 0. The number of nitrogens with one attached hydrogen (secondary N) is 1. The Balaban J connectivity index is 1.53. The lowest BCUT2D eigenvalue weighted by Gasteiger charge is -2.39. The van der Waals surface area contributed by atoms with Crippen LogP contribution < -0.4 is 5.32 Å². The molecule has 7 heteroatoms. The number of rotatable bonds is 3. The van der Waals surface area contributed by atoms with Crippen LogP contribution in [-0.2, 0) is 0 Å². The zero-order valence-corrected chi connectivity index (χ0v) is 17.5. The normalized spacial score (nSPS) is 24.9. The lowest BCUT2D eigenvalue weighted by atomic mass is 9.76.